The van der Waals surface area contributed by atoms with Crippen molar-refractivity contribution in [3.05, 3.63) is 0 Å². The molecule has 5 atom stereocenters. The number of aliphatic hydroxyl groups excluding tert-OH is 5. The van der Waals surface area contributed by atoms with E-state index >= 15 is 0 Å². The Balaban J connectivity index is -0.000000233. The summed E-state index contributed by atoms with van der Waals surface area (Å²) in [7, 11) is 0. The molecule has 0 spiro atoms. The molecule has 20 nitrogen and oxygen atoms in total. The predicted octanol–water partition coefficient (Wildman–Crippen LogP) is -10.2. The second-order valence-electron chi connectivity index (χ2n) is 7.29. The predicted molar refractivity (Wildman–Crippen MR) is 109 cm³/mol. The van der Waals surface area contributed by atoms with Gasteiger partial charge in [0.05, 0.1) is 25.9 Å². The molecule has 21 heteroatoms. The van der Waals surface area contributed by atoms with Crippen molar-refractivity contribution < 1.29 is 130 Å². The summed E-state index contributed by atoms with van der Waals surface area (Å²) in [4.78, 5) is 70.7. The maximum absolute atomic E-state index is 10.3. The van der Waals surface area contributed by atoms with E-state index < -0.39 is 104 Å². The number of carbonyl (C=O) groups excluding carboxylic acids is 2. The van der Waals surface area contributed by atoms with Crippen LogP contribution in [0.1, 0.15) is 25.7 Å². The van der Waals surface area contributed by atoms with Gasteiger partial charge in [-0.1, -0.05) is 0 Å². The Labute approximate surface area is 239 Å². The minimum atomic E-state index is -2.80. The first-order chi connectivity index (χ1) is 17.1. The largest absolute Gasteiger partial charge is 1.00 e. The molecule has 1 unspecified atom stereocenters. The van der Waals surface area contributed by atoms with Crippen LogP contribution in [0.2, 0.25) is 0 Å². The normalized spacial score (nSPS) is 14.9. The van der Waals surface area contributed by atoms with Crippen LogP contribution >= 0.6 is 0 Å². The van der Waals surface area contributed by atoms with E-state index in [4.69, 9.17) is 61.3 Å². The molecule has 0 aromatic rings. The van der Waals surface area contributed by atoms with Gasteiger partial charge in [-0.3, -0.25) is 14.4 Å². The quantitative estimate of drug-likeness (QED) is 0.0625. The van der Waals surface area contributed by atoms with E-state index in [2.05, 4.69) is 0 Å². The molecule has 0 aliphatic heterocycles. The van der Waals surface area contributed by atoms with Gasteiger partial charge in [0.15, 0.2) is 17.5 Å². The molecule has 0 amide bonds. The Bertz CT molecular complexity index is 759. The van der Waals surface area contributed by atoms with Gasteiger partial charge in [0.2, 0.25) is 0 Å². The first kappa shape index (κ1) is 43.3. The molecule has 0 rings (SSSR count). The molecule has 0 bridgehead atoms. The Hall–Kier alpha value is -2.79. The van der Waals surface area contributed by atoms with Gasteiger partial charge >= 0.3 is 59.4 Å². The third kappa shape index (κ3) is 19.0. The fourth-order valence-corrected chi connectivity index (χ4v) is 2.03. The zero-order chi connectivity index (χ0) is 31.0. The van der Waals surface area contributed by atoms with Crippen molar-refractivity contribution in [1.29, 1.82) is 0 Å². The van der Waals surface area contributed by atoms with Crippen LogP contribution in [0, 0.1) is 0 Å². The molecule has 0 saturated carbocycles. The van der Waals surface area contributed by atoms with Crippen LogP contribution in [0.3, 0.4) is 0 Å². The summed E-state index contributed by atoms with van der Waals surface area (Å²) in [6.07, 6.45) is -11.6. The van der Waals surface area contributed by atoms with Crippen molar-refractivity contribution >= 4 is 42.1 Å². The van der Waals surface area contributed by atoms with Crippen molar-refractivity contribution in [3.8, 4) is 0 Å². The number of hydrogen-bond acceptors (Lipinski definition) is 15. The minimum Gasteiger partial charge on any atom is -0.550 e. The number of carboxylic acid groups (broad SMARTS) is 6. The molecule has 220 valence electrons. The third-order valence-corrected chi connectivity index (χ3v) is 3.98. The fourth-order valence-electron chi connectivity index (χ4n) is 2.03. The van der Waals surface area contributed by atoms with E-state index in [1.807, 2.05) is 0 Å². The average Bonchev–Trinajstić information content (AvgIpc) is 2.75. The standard InChI is InChI=1S/2C6H8O7.C6H12O6.Na/c2*7-3(8)1-6(13,5(11)12)2-4(9)10;7-1-3(9)5(11)6(12)4(10)2-8;/h2*13H,1-2H2,(H,7,8)(H,9,10)(H,11,12);1,3-6,8-12H,2H2;/q;;;+1/p-1/t;;3-,4+,5+,6+;/m..0./s1. The molecule has 0 aliphatic rings. The molecule has 0 aliphatic carbocycles. The van der Waals surface area contributed by atoms with Gasteiger partial charge in [-0.15, -0.1) is 0 Å². The van der Waals surface area contributed by atoms with Gasteiger partial charge in [-0.05, 0) is 0 Å². The van der Waals surface area contributed by atoms with Gasteiger partial charge in [0.1, 0.15) is 24.4 Å². The van der Waals surface area contributed by atoms with E-state index in [-0.39, 0.29) is 35.8 Å². The molecule has 0 aromatic carbocycles. The van der Waals surface area contributed by atoms with E-state index in [9.17, 15) is 38.7 Å². The molecule has 12 N–H and O–H groups in total. The van der Waals surface area contributed by atoms with Crippen LogP contribution in [0.5, 0.6) is 0 Å². The third-order valence-electron chi connectivity index (χ3n) is 3.98. The zero-order valence-corrected chi connectivity index (χ0v) is 22.1. The van der Waals surface area contributed by atoms with Gasteiger partial charge in [-0.2, -0.15) is 0 Å². The summed E-state index contributed by atoms with van der Waals surface area (Å²) in [5.74, 6) is -10.4. The number of aliphatic hydroxyl groups is 7. The molecule has 0 saturated heterocycles. The SMILES string of the molecule is O=C(O)CC(O)(CC(=O)O)C(=O)O.O=C([O-])CC(O)(CC(=O)O)C(=O)O.O=C[C@H](O)[C@@H](O)[C@H](O)[C@H](O)CO.[Na+]. The summed E-state index contributed by atoms with van der Waals surface area (Å²) in [6, 6.07) is 0. The van der Waals surface area contributed by atoms with Gasteiger partial charge in [-0.25, -0.2) is 9.59 Å². The van der Waals surface area contributed by atoms with Crippen LogP contribution in [-0.2, 0) is 33.6 Å². The van der Waals surface area contributed by atoms with E-state index in [1.54, 1.807) is 0 Å². The Morgan fingerprint density at radius 2 is 0.974 bits per heavy atom. The Morgan fingerprint density at radius 3 is 1.18 bits per heavy atom. The van der Waals surface area contributed by atoms with Crippen LogP contribution in [0.15, 0.2) is 0 Å². The summed E-state index contributed by atoms with van der Waals surface area (Å²) in [5.41, 5.74) is -5.54. The number of hydrogen-bond donors (Lipinski definition) is 12. The van der Waals surface area contributed by atoms with Gasteiger partial charge in [0, 0.05) is 12.4 Å². The molecule has 0 aromatic heterocycles. The van der Waals surface area contributed by atoms with Gasteiger partial charge < -0.3 is 76.0 Å². The Kier molecular flexibility index (Phi) is 22.4. The summed E-state index contributed by atoms with van der Waals surface area (Å²) in [5, 5.41) is 113. The number of carboxylic acids is 6. The first-order valence-electron chi connectivity index (χ1n) is 9.65. The number of rotatable bonds is 15. The maximum atomic E-state index is 10.3. The van der Waals surface area contributed by atoms with Crippen molar-refractivity contribution in [3.63, 3.8) is 0 Å². The summed E-state index contributed by atoms with van der Waals surface area (Å²) in [6.45, 7) is -0.760. The molecular weight excluding hydrogens is 559 g/mol. The molecule has 0 heterocycles. The average molecular weight is 586 g/mol. The smallest absolute Gasteiger partial charge is 0.550 e. The number of aliphatic carboxylic acids is 6. The maximum Gasteiger partial charge on any atom is 1.00 e. The van der Waals surface area contributed by atoms with Crippen molar-refractivity contribution in [2.45, 2.75) is 61.3 Å². The second-order valence-corrected chi connectivity index (χ2v) is 7.29. The topological polar surface area (TPSA) is 385 Å². The number of carbonyl (C=O) groups is 7. The van der Waals surface area contributed by atoms with E-state index in [0.29, 0.717) is 0 Å². The van der Waals surface area contributed by atoms with E-state index in [0.717, 1.165) is 0 Å². The Morgan fingerprint density at radius 1 is 0.667 bits per heavy atom. The van der Waals surface area contributed by atoms with Crippen LogP contribution < -0.4 is 34.7 Å². The van der Waals surface area contributed by atoms with Crippen LogP contribution in [0.25, 0.3) is 0 Å². The van der Waals surface area contributed by atoms with Crippen molar-refractivity contribution in [1.82, 2.24) is 0 Å². The molecule has 0 fully saturated rings. The first-order valence-corrected chi connectivity index (χ1v) is 9.65. The van der Waals surface area contributed by atoms with Crippen LogP contribution in [0.4, 0.5) is 0 Å². The molecular formula is C18H27NaO20. The monoisotopic (exact) mass is 586 g/mol. The number of aldehydes is 1. The minimum absolute atomic E-state index is 0. The van der Waals surface area contributed by atoms with Crippen LogP contribution in [-0.4, -0.2) is 146 Å². The zero-order valence-electron chi connectivity index (χ0n) is 20.1. The fraction of sp³-hybridized carbons (Fsp3) is 0.611. The van der Waals surface area contributed by atoms with Crippen molar-refractivity contribution in [2.24, 2.45) is 0 Å². The molecule has 0 radical (unpaired) electrons. The summed E-state index contributed by atoms with van der Waals surface area (Å²) >= 11 is 0. The summed E-state index contributed by atoms with van der Waals surface area (Å²) < 4.78 is 0. The second kappa shape index (κ2) is 20.2. The van der Waals surface area contributed by atoms with Crippen molar-refractivity contribution in [2.75, 3.05) is 6.61 Å². The van der Waals surface area contributed by atoms with E-state index in [1.165, 1.54) is 0 Å². The van der Waals surface area contributed by atoms with Gasteiger partial charge in [0.25, 0.3) is 0 Å². The molecule has 39 heavy (non-hydrogen) atoms.